The van der Waals surface area contributed by atoms with Crippen LogP contribution in [-0.2, 0) is 54.4 Å². The molecule has 2 aromatic rings. The number of ether oxygens (including phenoxy) is 3. The fraction of sp³-hybridized carbons (Fsp3) is 0.614. The molecule has 0 aromatic heterocycles. The van der Waals surface area contributed by atoms with E-state index in [1.165, 1.54) is 24.1 Å². The number of azo groups is 1. The molecule has 446 valence electrons. The van der Waals surface area contributed by atoms with Crippen LogP contribution in [0, 0.1) is 23.7 Å². The van der Waals surface area contributed by atoms with Crippen molar-refractivity contribution < 1.29 is 62.2 Å². The Hall–Kier alpha value is -7.34. The molecule has 11 amide bonds. The molecule has 0 radical (unpaired) electrons. The molecule has 1 fully saturated rings. The Kier molecular flexibility index (Phi) is 25.8. The first kappa shape index (κ1) is 66.2. The van der Waals surface area contributed by atoms with Gasteiger partial charge in [-0.05, 0) is 91.7 Å². The van der Waals surface area contributed by atoms with E-state index in [1.54, 1.807) is 83.2 Å². The number of methoxy groups -OCH3 is 1. The van der Waals surface area contributed by atoms with Crippen LogP contribution in [-0.4, -0.2) is 157 Å². The SMILES string of the molecule is CC[C@H](C)[C@@H](C(CC(=O)N1CCC[C@H]1C)OC)N(C)C(=O)[C@@H](NC(=O)[C@H](C(C)C)N(C)C(=O)OCc1ccc(NC(=O)C(N)CCCNC(=O)NC(=O)[C@@H](NC(=O)CCOc2ccc(C3C(=O)N=NC3=O)cc2)C(C)C)cc1)C(C)C. The number of nitrogens with one attached hydrogen (secondary N) is 5. The molecule has 81 heavy (non-hydrogen) atoms. The first-order valence-corrected chi connectivity index (χ1v) is 27.8. The monoisotopic (exact) mass is 1130 g/mol. The number of likely N-dealkylation sites (N-methyl/N-ethyl adjacent to an activating group) is 2. The minimum absolute atomic E-state index is 0.0147. The lowest BCUT2D eigenvalue weighted by atomic mass is 9.89. The van der Waals surface area contributed by atoms with Gasteiger partial charge in [0.25, 0.3) is 17.7 Å². The van der Waals surface area contributed by atoms with E-state index in [4.69, 9.17) is 19.9 Å². The van der Waals surface area contributed by atoms with E-state index in [0.29, 0.717) is 29.1 Å². The highest BCUT2D eigenvalue weighted by molar-refractivity contribution is 6.10. The largest absolute Gasteiger partial charge is 0.493 e. The average Bonchev–Trinajstić information content (AvgIpc) is 4.02. The van der Waals surface area contributed by atoms with Crippen LogP contribution in [0.5, 0.6) is 5.75 Å². The summed E-state index contributed by atoms with van der Waals surface area (Å²) in [5, 5.41) is 19.6. The molecule has 0 spiro atoms. The number of carbonyl (C=O) groups is 10. The van der Waals surface area contributed by atoms with Gasteiger partial charge < -0.3 is 51.0 Å². The number of carbonyl (C=O) groups excluding carboxylic acids is 10. The van der Waals surface area contributed by atoms with Gasteiger partial charge >= 0.3 is 12.1 Å². The third-order valence-electron chi connectivity index (χ3n) is 14.7. The summed E-state index contributed by atoms with van der Waals surface area (Å²) in [5.41, 5.74) is 7.57. The summed E-state index contributed by atoms with van der Waals surface area (Å²) >= 11 is 0. The lowest BCUT2D eigenvalue weighted by Crippen LogP contribution is -2.60. The molecule has 4 rings (SSSR count). The first-order valence-electron chi connectivity index (χ1n) is 27.8. The molecule has 0 aliphatic carbocycles. The van der Waals surface area contributed by atoms with Gasteiger partial charge in [0, 0.05) is 46.0 Å². The molecule has 2 aliphatic heterocycles. The second kappa shape index (κ2) is 31.6. The highest BCUT2D eigenvalue weighted by Crippen LogP contribution is 2.28. The van der Waals surface area contributed by atoms with Crippen molar-refractivity contribution in [3.63, 3.8) is 0 Å². The van der Waals surface area contributed by atoms with Crippen LogP contribution in [0.1, 0.15) is 124 Å². The summed E-state index contributed by atoms with van der Waals surface area (Å²) in [7, 11) is 4.69. The summed E-state index contributed by atoms with van der Waals surface area (Å²) < 4.78 is 17.1. The number of nitrogens with zero attached hydrogens (tertiary/aromatic N) is 5. The number of imide groups is 1. The maximum absolute atomic E-state index is 14.4. The van der Waals surface area contributed by atoms with Gasteiger partial charge in [-0.15, -0.1) is 10.2 Å². The minimum Gasteiger partial charge on any atom is -0.493 e. The average molecular weight is 1130 g/mol. The molecule has 24 heteroatoms. The van der Waals surface area contributed by atoms with Crippen molar-refractivity contribution in [1.82, 2.24) is 36.0 Å². The second-order valence-electron chi connectivity index (χ2n) is 21.9. The lowest BCUT2D eigenvalue weighted by Gasteiger charge is -2.40. The van der Waals surface area contributed by atoms with E-state index >= 15 is 0 Å². The number of likely N-dealkylation sites (tertiary alicyclic amines) is 1. The Morgan fingerprint density at radius 3 is 1.99 bits per heavy atom. The van der Waals surface area contributed by atoms with E-state index < -0.39 is 89.8 Å². The molecule has 7 N–H and O–H groups in total. The first-order chi connectivity index (χ1) is 38.3. The molecule has 0 bridgehead atoms. The molecule has 2 heterocycles. The normalized spacial score (nSPS) is 16.9. The predicted molar refractivity (Wildman–Crippen MR) is 300 cm³/mol. The van der Waals surface area contributed by atoms with E-state index in [0.717, 1.165) is 19.3 Å². The molecule has 2 aromatic carbocycles. The zero-order valence-corrected chi connectivity index (χ0v) is 48.9. The number of nitrogens with two attached hydrogens (primary N) is 1. The van der Waals surface area contributed by atoms with E-state index in [1.807, 2.05) is 39.5 Å². The third kappa shape index (κ3) is 19.1. The van der Waals surface area contributed by atoms with Crippen LogP contribution >= 0.6 is 0 Å². The van der Waals surface area contributed by atoms with Crippen LogP contribution in [0.3, 0.4) is 0 Å². The van der Waals surface area contributed by atoms with Crippen LogP contribution < -0.4 is 37.1 Å². The standard InChI is InChI=1S/C57H85N11O13/c1-13-35(8)49(42(79-12)30-44(70)68-28-15-16-36(68)9)66(10)55(76)47(33(4)5)62-54(75)48(34(6)7)67(11)57(78)81-31-37-18-22-39(23-19-37)60-50(71)41(58)17-14-27-59-56(77)63-53(74)46(32(2)3)61-43(69)26-29-80-40-24-20-38(21-25-40)45-51(72)64-65-52(45)73/h18-25,32-36,41-42,45-49H,13-17,26-31,58H2,1-12H3,(H,60,71)(H,61,69)(H,62,75)(H2,59,63,74,77)/t35-,36+,41?,42?,46-,47-,48-,49-/m0/s1. The number of urea groups is 1. The highest BCUT2D eigenvalue weighted by Gasteiger charge is 2.41. The zero-order chi connectivity index (χ0) is 60.2. The topological polar surface area (TPSA) is 319 Å². The Bertz CT molecular complexity index is 2520. The van der Waals surface area contributed by atoms with Gasteiger partial charge in [0.2, 0.25) is 29.5 Å². The van der Waals surface area contributed by atoms with Crippen LogP contribution in [0.4, 0.5) is 15.3 Å². The van der Waals surface area contributed by atoms with Crippen molar-refractivity contribution in [2.75, 3.05) is 46.2 Å². The Balaban J connectivity index is 1.19. The van der Waals surface area contributed by atoms with Gasteiger partial charge in [-0.1, -0.05) is 86.1 Å². The molecule has 24 nitrogen and oxygen atoms in total. The third-order valence-corrected chi connectivity index (χ3v) is 14.7. The summed E-state index contributed by atoms with van der Waals surface area (Å²) in [5.74, 6) is -5.71. The number of rotatable bonds is 29. The number of hydrogen-bond acceptors (Lipinski definition) is 14. The number of hydrogen-bond donors (Lipinski definition) is 6. The minimum atomic E-state index is -1.08. The molecule has 2 aliphatic rings. The Morgan fingerprint density at radius 2 is 1.43 bits per heavy atom. The van der Waals surface area contributed by atoms with Crippen molar-refractivity contribution in [2.24, 2.45) is 39.6 Å². The number of benzene rings is 2. The van der Waals surface area contributed by atoms with Crippen molar-refractivity contribution in [1.29, 1.82) is 0 Å². The van der Waals surface area contributed by atoms with E-state index in [-0.39, 0.29) is 87.0 Å². The predicted octanol–water partition coefficient (Wildman–Crippen LogP) is 4.79. The van der Waals surface area contributed by atoms with Gasteiger partial charge in [0.05, 0.1) is 37.6 Å². The quantitative estimate of drug-likeness (QED) is 0.0471. The van der Waals surface area contributed by atoms with Gasteiger partial charge in [-0.3, -0.25) is 48.6 Å². The lowest BCUT2D eigenvalue weighted by molar-refractivity contribution is -0.146. The number of amides is 11. The molecule has 1 saturated heterocycles. The summed E-state index contributed by atoms with van der Waals surface area (Å²) in [4.78, 5) is 135. The van der Waals surface area contributed by atoms with Crippen LogP contribution in [0.25, 0.3) is 0 Å². The summed E-state index contributed by atoms with van der Waals surface area (Å²) in [6, 6.07) is 7.61. The highest BCUT2D eigenvalue weighted by atomic mass is 16.6. The molecular formula is C57H85N11O13. The van der Waals surface area contributed by atoms with Crippen molar-refractivity contribution in [2.45, 2.75) is 162 Å². The van der Waals surface area contributed by atoms with Crippen molar-refractivity contribution in [3.8, 4) is 5.75 Å². The maximum atomic E-state index is 14.4. The Labute approximate surface area is 475 Å². The second-order valence-corrected chi connectivity index (χ2v) is 21.9. The Morgan fingerprint density at radius 1 is 0.802 bits per heavy atom. The summed E-state index contributed by atoms with van der Waals surface area (Å²) in [6.45, 7) is 17.3. The van der Waals surface area contributed by atoms with Gasteiger partial charge in [-0.25, -0.2) is 9.59 Å². The van der Waals surface area contributed by atoms with Crippen molar-refractivity contribution >= 4 is 65.1 Å². The zero-order valence-electron chi connectivity index (χ0n) is 48.9. The van der Waals surface area contributed by atoms with Crippen LogP contribution in [0.2, 0.25) is 0 Å². The molecular weight excluding hydrogens is 1050 g/mol. The van der Waals surface area contributed by atoms with Gasteiger partial charge in [0.15, 0.2) is 0 Å². The number of anilines is 1. The summed E-state index contributed by atoms with van der Waals surface area (Å²) in [6.07, 6.45) is 1.73. The maximum Gasteiger partial charge on any atom is 0.410 e. The van der Waals surface area contributed by atoms with E-state index in [9.17, 15) is 47.9 Å². The van der Waals surface area contributed by atoms with Gasteiger partial charge in [-0.2, -0.15) is 0 Å². The fourth-order valence-corrected chi connectivity index (χ4v) is 9.79. The fourth-order valence-electron chi connectivity index (χ4n) is 9.79. The van der Waals surface area contributed by atoms with Gasteiger partial charge in [0.1, 0.15) is 36.4 Å². The molecule has 0 saturated carbocycles. The smallest absolute Gasteiger partial charge is 0.410 e. The van der Waals surface area contributed by atoms with Crippen LogP contribution in [0.15, 0.2) is 58.8 Å². The molecule has 8 atom stereocenters. The molecule has 2 unspecified atom stereocenters. The van der Waals surface area contributed by atoms with E-state index in [2.05, 4.69) is 36.8 Å². The van der Waals surface area contributed by atoms with Crippen molar-refractivity contribution in [3.05, 3.63) is 59.7 Å².